The molecule has 4 aliphatic rings. The molecule has 1 aromatic carbocycles. The van der Waals surface area contributed by atoms with Crippen molar-refractivity contribution in [2.24, 2.45) is 17.8 Å². The Kier molecular flexibility index (Phi) is 5.81. The van der Waals surface area contributed by atoms with Crippen molar-refractivity contribution in [1.29, 1.82) is 0 Å². The lowest BCUT2D eigenvalue weighted by molar-refractivity contribution is -0.633. The molecule has 0 radical (unpaired) electrons. The van der Waals surface area contributed by atoms with E-state index in [9.17, 15) is 9.59 Å². The van der Waals surface area contributed by atoms with E-state index in [0.29, 0.717) is 13.1 Å². The molecule has 0 unspecified atom stereocenters. The fraction of sp³-hybridized carbons (Fsp3) is 0.652. The first-order valence-corrected chi connectivity index (χ1v) is 11.0. The van der Waals surface area contributed by atoms with Gasteiger partial charge in [0.1, 0.15) is 5.75 Å². The van der Waals surface area contributed by atoms with Crippen LogP contribution in [0.4, 0.5) is 0 Å². The third-order valence-electron chi connectivity index (χ3n) is 7.28. The van der Waals surface area contributed by atoms with Crippen molar-refractivity contribution in [3.8, 4) is 5.75 Å². The summed E-state index contributed by atoms with van der Waals surface area (Å²) in [7, 11) is 3.30. The number of carbonyl (C=O) groups excluding carboxylic acids is 2. The summed E-state index contributed by atoms with van der Waals surface area (Å²) in [4.78, 5) is 27.2. The van der Waals surface area contributed by atoms with Gasteiger partial charge >= 0.3 is 0 Å². The number of hydrogen-bond donors (Lipinski definition) is 2. The average Bonchev–Trinajstić information content (AvgIpc) is 2.70. The van der Waals surface area contributed by atoms with Crippen LogP contribution in [-0.4, -0.2) is 49.5 Å². The average molecular weight is 401 g/mol. The van der Waals surface area contributed by atoms with Crippen LogP contribution in [0.25, 0.3) is 0 Å². The summed E-state index contributed by atoms with van der Waals surface area (Å²) in [6.45, 7) is 1.23. The molecule has 6 nitrogen and oxygen atoms in total. The lowest BCUT2D eigenvalue weighted by Gasteiger charge is -2.60. The van der Waals surface area contributed by atoms with Crippen molar-refractivity contribution in [1.82, 2.24) is 10.2 Å². The molecule has 0 heterocycles. The number of benzene rings is 1. The molecule has 0 spiro atoms. The summed E-state index contributed by atoms with van der Waals surface area (Å²) >= 11 is 0. The number of methoxy groups -OCH3 is 1. The number of nitrogens with one attached hydrogen (secondary N) is 1. The van der Waals surface area contributed by atoms with E-state index >= 15 is 0 Å². The van der Waals surface area contributed by atoms with Gasteiger partial charge in [-0.2, -0.15) is 0 Å². The molecule has 3 N–H and O–H groups in total. The van der Waals surface area contributed by atoms with Gasteiger partial charge in [0.05, 0.1) is 7.11 Å². The van der Waals surface area contributed by atoms with E-state index in [0.717, 1.165) is 48.3 Å². The molecule has 6 heteroatoms. The largest absolute Gasteiger partial charge is 0.497 e. The molecule has 0 aliphatic heterocycles. The van der Waals surface area contributed by atoms with E-state index in [1.54, 1.807) is 14.2 Å². The van der Waals surface area contributed by atoms with Crippen molar-refractivity contribution in [2.75, 3.05) is 27.2 Å². The molecular weight excluding hydrogens is 366 g/mol. The Hall–Kier alpha value is -2.08. The van der Waals surface area contributed by atoms with Crippen molar-refractivity contribution in [3.05, 3.63) is 29.8 Å². The summed E-state index contributed by atoms with van der Waals surface area (Å²) in [5.41, 5.74) is 1.11. The van der Waals surface area contributed by atoms with Gasteiger partial charge in [-0.3, -0.25) is 9.59 Å². The molecule has 4 saturated carbocycles. The van der Waals surface area contributed by atoms with E-state index in [4.69, 9.17) is 4.74 Å². The number of rotatable bonds is 8. The summed E-state index contributed by atoms with van der Waals surface area (Å²) < 4.78 is 5.40. The monoisotopic (exact) mass is 400 g/mol. The number of hydrogen-bond acceptors (Lipinski definition) is 3. The van der Waals surface area contributed by atoms with Crippen LogP contribution in [-0.2, 0) is 16.1 Å². The highest BCUT2D eigenvalue weighted by Crippen LogP contribution is 2.58. The van der Waals surface area contributed by atoms with Gasteiger partial charge in [-0.15, -0.1) is 0 Å². The fourth-order valence-corrected chi connectivity index (χ4v) is 6.41. The van der Waals surface area contributed by atoms with Crippen molar-refractivity contribution >= 4 is 11.8 Å². The van der Waals surface area contributed by atoms with Crippen LogP contribution in [0.5, 0.6) is 5.75 Å². The molecule has 1 aromatic rings. The molecule has 4 aliphatic carbocycles. The highest BCUT2D eigenvalue weighted by Gasteiger charge is 2.54. The third-order valence-corrected chi connectivity index (χ3v) is 7.28. The van der Waals surface area contributed by atoms with E-state index < -0.39 is 0 Å². The van der Waals surface area contributed by atoms with Gasteiger partial charge in [0.25, 0.3) is 11.8 Å². The number of nitrogens with zero attached hydrogens (tertiary/aromatic N) is 1. The number of ether oxygens (including phenoxy) is 1. The quantitative estimate of drug-likeness (QED) is 0.691. The van der Waals surface area contributed by atoms with Gasteiger partial charge in [-0.25, -0.2) is 0 Å². The Morgan fingerprint density at radius 1 is 1.14 bits per heavy atom. The Bertz CT molecular complexity index is 728. The predicted molar refractivity (Wildman–Crippen MR) is 110 cm³/mol. The Labute approximate surface area is 173 Å². The minimum atomic E-state index is -0.0491. The zero-order valence-electron chi connectivity index (χ0n) is 17.7. The first-order chi connectivity index (χ1) is 14.0. The SMILES string of the molecule is CNC(=O)C[NH2+]CC(=O)N(Cc1cccc(OC)c1)C12CC3CC(CC(C3)C1)C2. The Morgan fingerprint density at radius 3 is 2.38 bits per heavy atom. The Morgan fingerprint density at radius 2 is 1.79 bits per heavy atom. The lowest BCUT2D eigenvalue weighted by Crippen LogP contribution is -2.89. The number of nitrogens with two attached hydrogens (primary N) is 1. The number of carbonyl (C=O) groups is 2. The smallest absolute Gasteiger partial charge is 0.278 e. The number of quaternary nitrogens is 1. The normalized spacial score (nSPS) is 29.5. The van der Waals surface area contributed by atoms with Crippen LogP contribution < -0.4 is 15.4 Å². The van der Waals surface area contributed by atoms with Gasteiger partial charge in [0.15, 0.2) is 13.1 Å². The fourth-order valence-electron chi connectivity index (χ4n) is 6.41. The number of amides is 2. The summed E-state index contributed by atoms with van der Waals surface area (Å²) in [6.07, 6.45) is 7.48. The molecule has 0 saturated heterocycles. The zero-order valence-corrected chi connectivity index (χ0v) is 17.7. The molecule has 5 rings (SSSR count). The molecular formula is C23H34N3O3+. The number of likely N-dealkylation sites (N-methyl/N-ethyl adjacent to an activating group) is 1. The zero-order chi connectivity index (χ0) is 20.4. The summed E-state index contributed by atoms with van der Waals surface area (Å²) in [6, 6.07) is 8.05. The van der Waals surface area contributed by atoms with Crippen LogP contribution in [0.2, 0.25) is 0 Å². The van der Waals surface area contributed by atoms with Gasteiger partial charge in [0.2, 0.25) is 0 Å². The van der Waals surface area contributed by atoms with Crippen LogP contribution in [0.15, 0.2) is 24.3 Å². The Balaban J connectivity index is 1.55. The molecule has 0 aromatic heterocycles. The summed E-state index contributed by atoms with van der Waals surface area (Å²) in [5.74, 6) is 3.25. The second-order valence-corrected chi connectivity index (χ2v) is 9.34. The van der Waals surface area contributed by atoms with Crippen molar-refractivity contribution < 1.29 is 19.6 Å². The lowest BCUT2D eigenvalue weighted by atomic mass is 9.52. The maximum absolute atomic E-state index is 13.4. The van der Waals surface area contributed by atoms with E-state index in [1.165, 1.54) is 19.3 Å². The molecule has 158 valence electrons. The topological polar surface area (TPSA) is 75.2 Å². The van der Waals surface area contributed by atoms with Crippen molar-refractivity contribution in [3.63, 3.8) is 0 Å². The summed E-state index contributed by atoms with van der Waals surface area (Å²) in [5, 5.41) is 4.44. The first-order valence-electron chi connectivity index (χ1n) is 11.0. The minimum Gasteiger partial charge on any atom is -0.497 e. The van der Waals surface area contributed by atoms with Gasteiger partial charge < -0.3 is 20.3 Å². The van der Waals surface area contributed by atoms with Crippen LogP contribution in [0, 0.1) is 17.8 Å². The van der Waals surface area contributed by atoms with Gasteiger partial charge in [-0.05, 0) is 74.0 Å². The molecule has 4 bridgehead atoms. The minimum absolute atomic E-state index is 0.00420. The highest BCUT2D eigenvalue weighted by atomic mass is 16.5. The van der Waals surface area contributed by atoms with Crippen LogP contribution in [0.3, 0.4) is 0 Å². The van der Waals surface area contributed by atoms with Gasteiger partial charge in [-0.1, -0.05) is 12.1 Å². The standard InChI is InChI=1S/C23H33N3O3/c1-24-21(27)13-25-14-22(28)26(15-16-4-3-5-20(9-16)29-2)23-10-17-6-18(11-23)8-19(7-17)12-23/h3-5,9,17-19,25H,6-8,10-15H2,1-2H3,(H,24,27)/p+1. The van der Waals surface area contributed by atoms with Gasteiger partial charge in [0, 0.05) is 19.1 Å². The second kappa shape index (κ2) is 8.34. The molecule has 2 amide bonds. The third kappa shape index (κ3) is 4.27. The van der Waals surface area contributed by atoms with Crippen LogP contribution in [0.1, 0.15) is 44.1 Å². The highest BCUT2D eigenvalue weighted by molar-refractivity contribution is 5.79. The predicted octanol–water partition coefficient (Wildman–Crippen LogP) is 1.30. The maximum Gasteiger partial charge on any atom is 0.278 e. The first kappa shape index (κ1) is 20.2. The van der Waals surface area contributed by atoms with E-state index in [2.05, 4.69) is 16.3 Å². The molecule has 4 fully saturated rings. The van der Waals surface area contributed by atoms with Crippen LogP contribution >= 0.6 is 0 Å². The van der Waals surface area contributed by atoms with Crippen molar-refractivity contribution in [2.45, 2.75) is 50.6 Å². The molecule has 29 heavy (non-hydrogen) atoms. The molecule has 0 atom stereocenters. The maximum atomic E-state index is 13.4. The van der Waals surface area contributed by atoms with E-state index in [1.807, 2.05) is 23.5 Å². The second-order valence-electron chi connectivity index (χ2n) is 9.34. The van der Waals surface area contributed by atoms with E-state index in [-0.39, 0.29) is 23.9 Å².